The summed E-state index contributed by atoms with van der Waals surface area (Å²) in [5.74, 6) is 0.0712. The summed E-state index contributed by atoms with van der Waals surface area (Å²) < 4.78 is 35.4. The Morgan fingerprint density at radius 2 is 1.48 bits per heavy atom. The van der Waals surface area contributed by atoms with E-state index >= 15 is 0 Å². The fourth-order valence-electron chi connectivity index (χ4n) is 5.38. The van der Waals surface area contributed by atoms with Gasteiger partial charge < -0.3 is 29.2 Å². The molecule has 42 heavy (non-hydrogen) atoms. The number of hydrogen-bond donors (Lipinski definition) is 1. The Labute approximate surface area is 243 Å². The van der Waals surface area contributed by atoms with E-state index in [1.54, 1.807) is 66.6 Å². The average Bonchev–Trinajstić information content (AvgIpc) is 3.02. The standard InChI is InChI=1S/C33H31FN2O6/c1-39-24-15-11-21(12-16-24)30-29(32(37)35-23-17-27(40-2)31(42-4)28(18-23)41-3)25-7-5-6-8-26(25)33(38)36(30)19-20-9-13-22(34)14-10-20/h5-18,29-30H,19H2,1-4H3,(H,35,37)/t29-,30-/m0/s1. The Bertz CT molecular complexity index is 1560. The van der Waals surface area contributed by atoms with Gasteiger partial charge in [-0.3, -0.25) is 9.59 Å². The summed E-state index contributed by atoms with van der Waals surface area (Å²) in [7, 11) is 6.07. The number of benzene rings is 4. The summed E-state index contributed by atoms with van der Waals surface area (Å²) in [6.07, 6.45) is 0. The predicted molar refractivity (Wildman–Crippen MR) is 156 cm³/mol. The van der Waals surface area contributed by atoms with Gasteiger partial charge in [-0.15, -0.1) is 0 Å². The van der Waals surface area contributed by atoms with Gasteiger partial charge in [0, 0.05) is 29.9 Å². The largest absolute Gasteiger partial charge is 0.497 e. The van der Waals surface area contributed by atoms with Crippen LogP contribution in [0.3, 0.4) is 0 Å². The number of nitrogens with one attached hydrogen (secondary N) is 1. The minimum atomic E-state index is -0.799. The van der Waals surface area contributed by atoms with E-state index in [0.717, 1.165) is 11.1 Å². The lowest BCUT2D eigenvalue weighted by atomic mass is 9.79. The van der Waals surface area contributed by atoms with Crippen molar-refractivity contribution < 1.29 is 32.9 Å². The molecule has 2 amide bonds. The predicted octanol–water partition coefficient (Wildman–Crippen LogP) is 5.98. The second kappa shape index (κ2) is 12.2. The molecule has 4 aromatic rings. The molecule has 9 heteroatoms. The molecule has 2 atom stereocenters. The number of halogens is 1. The number of carbonyl (C=O) groups excluding carboxylic acids is 2. The van der Waals surface area contributed by atoms with Crippen molar-refractivity contribution in [3.05, 3.63) is 113 Å². The normalized spacial score (nSPS) is 15.9. The number of amides is 2. The minimum absolute atomic E-state index is 0.165. The Kier molecular flexibility index (Phi) is 8.28. The van der Waals surface area contributed by atoms with Crippen LogP contribution < -0.4 is 24.3 Å². The van der Waals surface area contributed by atoms with Crippen LogP contribution in [0, 0.1) is 5.82 Å². The van der Waals surface area contributed by atoms with Crippen molar-refractivity contribution >= 4 is 17.5 Å². The van der Waals surface area contributed by atoms with E-state index in [4.69, 9.17) is 18.9 Å². The zero-order valence-corrected chi connectivity index (χ0v) is 23.7. The first-order valence-electron chi connectivity index (χ1n) is 13.3. The van der Waals surface area contributed by atoms with Gasteiger partial charge in [0.25, 0.3) is 5.91 Å². The summed E-state index contributed by atoms with van der Waals surface area (Å²) in [6.45, 7) is 0.165. The third-order valence-electron chi connectivity index (χ3n) is 7.38. The molecule has 4 aromatic carbocycles. The summed E-state index contributed by atoms with van der Waals surface area (Å²) in [5.41, 5.74) is 2.93. The van der Waals surface area contributed by atoms with E-state index in [0.29, 0.717) is 39.8 Å². The number of nitrogens with zero attached hydrogens (tertiary/aromatic N) is 1. The van der Waals surface area contributed by atoms with Gasteiger partial charge in [0.15, 0.2) is 11.5 Å². The second-order valence-corrected chi connectivity index (χ2v) is 9.75. The number of hydrogen-bond acceptors (Lipinski definition) is 6. The smallest absolute Gasteiger partial charge is 0.255 e. The molecule has 8 nitrogen and oxygen atoms in total. The molecule has 0 aliphatic carbocycles. The SMILES string of the molecule is COc1ccc([C@H]2[C@@H](C(=O)Nc3cc(OC)c(OC)c(OC)c3)c3ccccc3C(=O)N2Cc2ccc(F)cc2)cc1. The van der Waals surface area contributed by atoms with Crippen molar-refractivity contribution in [1.82, 2.24) is 4.90 Å². The van der Waals surface area contributed by atoms with Crippen molar-refractivity contribution in [2.75, 3.05) is 33.8 Å². The van der Waals surface area contributed by atoms with Crippen LogP contribution in [0.15, 0.2) is 84.9 Å². The van der Waals surface area contributed by atoms with Crippen molar-refractivity contribution in [3.63, 3.8) is 0 Å². The molecule has 0 saturated carbocycles. The lowest BCUT2D eigenvalue weighted by molar-refractivity contribution is -0.119. The molecular formula is C33H31FN2O6. The summed E-state index contributed by atoms with van der Waals surface area (Å²) >= 11 is 0. The third-order valence-corrected chi connectivity index (χ3v) is 7.38. The Morgan fingerprint density at radius 1 is 0.833 bits per heavy atom. The number of fused-ring (bicyclic) bond motifs is 1. The van der Waals surface area contributed by atoms with Gasteiger partial charge in [-0.1, -0.05) is 42.5 Å². The lowest BCUT2D eigenvalue weighted by Crippen LogP contribution is -2.45. The maximum Gasteiger partial charge on any atom is 0.255 e. The Morgan fingerprint density at radius 3 is 2.07 bits per heavy atom. The molecule has 1 aliphatic heterocycles. The number of methoxy groups -OCH3 is 4. The Balaban J connectivity index is 1.63. The van der Waals surface area contributed by atoms with Crippen molar-refractivity contribution in [2.24, 2.45) is 0 Å². The van der Waals surface area contributed by atoms with Gasteiger partial charge >= 0.3 is 0 Å². The van der Waals surface area contributed by atoms with Gasteiger partial charge in [-0.05, 0) is 47.0 Å². The first-order valence-corrected chi connectivity index (χ1v) is 13.3. The average molecular weight is 571 g/mol. The molecule has 0 spiro atoms. The summed E-state index contributed by atoms with van der Waals surface area (Å²) in [6, 6.07) is 23.0. The van der Waals surface area contributed by atoms with Crippen LogP contribution in [0.1, 0.15) is 39.0 Å². The fraction of sp³-hybridized carbons (Fsp3) is 0.212. The van der Waals surface area contributed by atoms with Crippen molar-refractivity contribution in [2.45, 2.75) is 18.5 Å². The quantitative estimate of drug-likeness (QED) is 0.267. The highest BCUT2D eigenvalue weighted by molar-refractivity contribution is 6.04. The molecule has 0 aromatic heterocycles. The van der Waals surface area contributed by atoms with E-state index in [2.05, 4.69) is 5.32 Å². The van der Waals surface area contributed by atoms with E-state index in [1.807, 2.05) is 18.2 Å². The van der Waals surface area contributed by atoms with Crippen LogP contribution in [0.2, 0.25) is 0 Å². The summed E-state index contributed by atoms with van der Waals surface area (Å²) in [5, 5.41) is 3.02. The molecule has 0 saturated heterocycles. The van der Waals surface area contributed by atoms with Gasteiger partial charge in [0.2, 0.25) is 11.7 Å². The molecule has 1 aliphatic rings. The molecule has 216 valence electrons. The van der Waals surface area contributed by atoms with Crippen molar-refractivity contribution in [3.8, 4) is 23.0 Å². The molecule has 0 bridgehead atoms. The number of rotatable bonds is 9. The number of anilines is 1. The molecule has 0 radical (unpaired) electrons. The molecule has 0 unspecified atom stereocenters. The zero-order chi connectivity index (χ0) is 29.8. The monoisotopic (exact) mass is 570 g/mol. The molecule has 0 fully saturated rings. The van der Waals surface area contributed by atoms with Crippen LogP contribution in [0.4, 0.5) is 10.1 Å². The van der Waals surface area contributed by atoms with Crippen LogP contribution in [-0.4, -0.2) is 45.2 Å². The lowest BCUT2D eigenvalue weighted by Gasteiger charge is -2.42. The highest BCUT2D eigenvalue weighted by Crippen LogP contribution is 2.45. The second-order valence-electron chi connectivity index (χ2n) is 9.75. The highest BCUT2D eigenvalue weighted by Gasteiger charge is 2.44. The molecule has 5 rings (SSSR count). The van der Waals surface area contributed by atoms with Crippen LogP contribution in [0.5, 0.6) is 23.0 Å². The topological polar surface area (TPSA) is 86.3 Å². The zero-order valence-electron chi connectivity index (χ0n) is 23.7. The van der Waals surface area contributed by atoms with Gasteiger partial charge in [0.1, 0.15) is 11.6 Å². The number of ether oxygens (including phenoxy) is 4. The molecule has 1 heterocycles. The van der Waals surface area contributed by atoms with Gasteiger partial charge in [-0.2, -0.15) is 0 Å². The molecular weight excluding hydrogens is 539 g/mol. The van der Waals surface area contributed by atoms with Crippen LogP contribution >= 0.6 is 0 Å². The van der Waals surface area contributed by atoms with E-state index in [1.165, 1.54) is 33.5 Å². The van der Waals surface area contributed by atoms with E-state index in [-0.39, 0.29) is 24.2 Å². The van der Waals surface area contributed by atoms with Gasteiger partial charge in [-0.25, -0.2) is 4.39 Å². The first kappa shape index (κ1) is 28.5. The van der Waals surface area contributed by atoms with Crippen LogP contribution in [-0.2, 0) is 11.3 Å². The van der Waals surface area contributed by atoms with E-state index in [9.17, 15) is 14.0 Å². The third kappa shape index (κ3) is 5.45. The van der Waals surface area contributed by atoms with E-state index < -0.39 is 12.0 Å². The first-order chi connectivity index (χ1) is 20.4. The fourth-order valence-corrected chi connectivity index (χ4v) is 5.38. The Hall–Kier alpha value is -5.05. The van der Waals surface area contributed by atoms with Crippen LogP contribution in [0.25, 0.3) is 0 Å². The molecule has 1 N–H and O–H groups in total. The number of carbonyl (C=O) groups is 2. The maximum atomic E-state index is 14.3. The van der Waals surface area contributed by atoms with Gasteiger partial charge in [0.05, 0.1) is 40.4 Å². The maximum absolute atomic E-state index is 14.3. The van der Waals surface area contributed by atoms with Crippen molar-refractivity contribution in [1.29, 1.82) is 0 Å². The highest BCUT2D eigenvalue weighted by atomic mass is 19.1. The summed E-state index contributed by atoms with van der Waals surface area (Å²) in [4.78, 5) is 30.0. The minimum Gasteiger partial charge on any atom is -0.497 e.